The number of benzene rings is 3. The number of H-pyrrole nitrogens is 1. The molecule has 7 rings (SSSR count). The predicted octanol–water partition coefficient (Wildman–Crippen LogP) is 9.08. The van der Waals surface area contributed by atoms with E-state index in [0.717, 1.165) is 78.5 Å². The molecule has 5 amide bonds. The molecule has 4 aromatic rings. The minimum absolute atomic E-state index is 0.174. The number of unbranched alkanes of at least 4 members (excludes halogenated alkanes) is 2. The van der Waals surface area contributed by atoms with Crippen molar-refractivity contribution >= 4 is 35.8 Å². The van der Waals surface area contributed by atoms with Gasteiger partial charge in [0.15, 0.2) is 0 Å². The van der Waals surface area contributed by atoms with Crippen LogP contribution in [0, 0.1) is 11.8 Å². The van der Waals surface area contributed by atoms with Gasteiger partial charge in [0.05, 0.1) is 31.6 Å². The molecule has 1 aromatic heterocycles. The van der Waals surface area contributed by atoms with Crippen LogP contribution < -0.4 is 15.5 Å². The maximum atomic E-state index is 14.7. The van der Waals surface area contributed by atoms with Gasteiger partial charge in [0.1, 0.15) is 24.1 Å². The van der Waals surface area contributed by atoms with Gasteiger partial charge in [-0.2, -0.15) is 0 Å². The van der Waals surface area contributed by atoms with Crippen molar-refractivity contribution in [2.45, 2.75) is 115 Å². The molecule has 0 unspecified atom stereocenters. The molecule has 358 valence electrons. The van der Waals surface area contributed by atoms with E-state index >= 15 is 0 Å². The van der Waals surface area contributed by atoms with E-state index in [2.05, 4.69) is 47.7 Å². The molecule has 0 saturated carbocycles. The largest absolute Gasteiger partial charge is 0.465 e. The molecule has 0 spiro atoms. The lowest BCUT2D eigenvalue weighted by Gasteiger charge is -2.36. The molecular weight excluding hydrogens is 855 g/mol. The van der Waals surface area contributed by atoms with E-state index in [-0.39, 0.29) is 30.3 Å². The number of methoxy groups -OCH3 is 2. The van der Waals surface area contributed by atoms with Gasteiger partial charge >= 0.3 is 18.3 Å². The minimum Gasteiger partial charge on any atom is -0.465 e. The monoisotopic (exact) mass is 919 g/mol. The number of nitrogens with one attached hydrogen (secondary N) is 3. The molecule has 2 fully saturated rings. The normalized spacial score (nSPS) is 19.1. The highest BCUT2D eigenvalue weighted by molar-refractivity contribution is 5.93. The van der Waals surface area contributed by atoms with Crippen LogP contribution in [0.5, 0.6) is 0 Å². The van der Waals surface area contributed by atoms with Crippen molar-refractivity contribution in [3.63, 3.8) is 0 Å². The van der Waals surface area contributed by atoms with Gasteiger partial charge in [-0.1, -0.05) is 102 Å². The fourth-order valence-corrected chi connectivity index (χ4v) is 10.6. The van der Waals surface area contributed by atoms with Crippen LogP contribution in [0.1, 0.15) is 120 Å². The van der Waals surface area contributed by atoms with Crippen LogP contribution in [-0.4, -0.2) is 106 Å². The summed E-state index contributed by atoms with van der Waals surface area (Å²) in [4.78, 5) is 79.3. The Hall–Kier alpha value is -6.42. The summed E-state index contributed by atoms with van der Waals surface area (Å²) in [6.07, 6.45) is 4.90. The maximum absolute atomic E-state index is 14.7. The number of carbonyl (C=O) groups excluding carboxylic acids is 3. The third-order valence-corrected chi connectivity index (χ3v) is 13.9. The number of amides is 5. The maximum Gasteiger partial charge on any atom is 0.413 e. The lowest BCUT2D eigenvalue weighted by atomic mass is 9.70. The van der Waals surface area contributed by atoms with Crippen LogP contribution in [0.15, 0.2) is 72.9 Å². The number of rotatable bonds is 18. The Morgan fingerprint density at radius 1 is 0.896 bits per heavy atom. The fraction of sp³-hybridized carbons (Fsp3) is 0.490. The van der Waals surface area contributed by atoms with E-state index in [4.69, 9.17) is 14.5 Å². The number of aromatic nitrogens is 2. The zero-order valence-corrected chi connectivity index (χ0v) is 39.4. The van der Waals surface area contributed by atoms with E-state index in [1.165, 1.54) is 12.0 Å². The van der Waals surface area contributed by atoms with Gasteiger partial charge in [0.2, 0.25) is 5.91 Å². The molecule has 3 heterocycles. The van der Waals surface area contributed by atoms with E-state index in [1.807, 2.05) is 38.1 Å². The van der Waals surface area contributed by atoms with Crippen molar-refractivity contribution in [1.82, 2.24) is 30.4 Å². The molecule has 0 radical (unpaired) electrons. The second-order valence-corrected chi connectivity index (χ2v) is 18.5. The van der Waals surface area contributed by atoms with Gasteiger partial charge in [-0.3, -0.25) is 14.5 Å². The molecule has 2 saturated heterocycles. The van der Waals surface area contributed by atoms with Crippen molar-refractivity contribution in [3.05, 3.63) is 95.4 Å². The summed E-state index contributed by atoms with van der Waals surface area (Å²) >= 11 is 0. The standard InChI is InChI=1S/C51H65N7O9/c1-7-9-22-51(23-10-8-2)38-26-34(40-28-52-45(53-40)41-17-14-24-56(41)46(59)43(31(3)4)54-48(61)62)18-20-36(38)37-21-19-35(27-39(37)51)58(50(64)65)42-25-32(30-66-5)29-57(42)47(60)44(55-49(63)67-6)33-15-12-11-13-16-33/h11-13,15-16,18-21,26-28,31-32,41-44,54H,7-10,14,17,22-25,29-30H2,1-6H3,(H,52,53)(H,55,63)(H,61,62)(H,64,65)/t32-,41-,42-,43-,44+/m0/s1. The molecular formula is C51H65N7O9. The smallest absolute Gasteiger partial charge is 0.413 e. The Morgan fingerprint density at radius 2 is 1.58 bits per heavy atom. The van der Waals surface area contributed by atoms with Crippen LogP contribution in [0.4, 0.5) is 20.1 Å². The zero-order chi connectivity index (χ0) is 48.0. The van der Waals surface area contributed by atoms with E-state index in [0.29, 0.717) is 43.1 Å². The first-order valence-electron chi connectivity index (χ1n) is 23.6. The molecule has 0 bridgehead atoms. The highest BCUT2D eigenvalue weighted by Gasteiger charge is 2.47. The van der Waals surface area contributed by atoms with Gasteiger partial charge in [-0.05, 0) is 89.6 Å². The number of aromatic amines is 1. The third kappa shape index (κ3) is 9.85. The first-order valence-corrected chi connectivity index (χ1v) is 23.6. The first-order chi connectivity index (χ1) is 32.3. The van der Waals surface area contributed by atoms with Crippen LogP contribution in [-0.2, 0) is 24.5 Å². The Kier molecular flexibility index (Phi) is 15.2. The molecule has 67 heavy (non-hydrogen) atoms. The topological polar surface area (TPSA) is 207 Å². The third-order valence-electron chi connectivity index (χ3n) is 13.9. The van der Waals surface area contributed by atoms with Crippen molar-refractivity contribution in [1.29, 1.82) is 0 Å². The molecule has 16 nitrogen and oxygen atoms in total. The Labute approximate surface area is 392 Å². The second-order valence-electron chi connectivity index (χ2n) is 18.5. The van der Waals surface area contributed by atoms with E-state index < -0.39 is 47.9 Å². The number of carboxylic acid groups (broad SMARTS) is 2. The van der Waals surface area contributed by atoms with Gasteiger partial charge < -0.3 is 45.1 Å². The number of imidazole rings is 1. The number of hydrogen-bond acceptors (Lipinski definition) is 8. The molecule has 2 aliphatic heterocycles. The fourth-order valence-electron chi connectivity index (χ4n) is 10.6. The lowest BCUT2D eigenvalue weighted by molar-refractivity contribution is -0.135. The molecule has 5 N–H and O–H groups in total. The summed E-state index contributed by atoms with van der Waals surface area (Å²) in [5.74, 6) is -0.489. The summed E-state index contributed by atoms with van der Waals surface area (Å²) in [6, 6.07) is 18.8. The quantitative estimate of drug-likeness (QED) is 0.0640. The SMILES string of the molecule is CCCCC1(CCCC)c2cc(-c3cnc([C@@H]4CCCN4C(=O)[C@@H](NC(=O)O)C(C)C)[nH]3)ccc2-c2ccc(N(C(=O)O)[C@H]3C[C@H](COC)CN3C(=O)[C@H](NC(=O)OC)c3ccccc3)cc21. The molecule has 3 aromatic carbocycles. The average Bonchev–Trinajstić information content (AvgIpc) is 4.14. The molecule has 5 atom stereocenters. The summed E-state index contributed by atoms with van der Waals surface area (Å²) in [5, 5.41) is 25.7. The second kappa shape index (κ2) is 21.0. The number of alkyl carbamates (subject to hydrolysis) is 1. The number of ether oxygens (including phenoxy) is 2. The van der Waals surface area contributed by atoms with Gasteiger partial charge in [-0.25, -0.2) is 19.4 Å². The molecule has 3 aliphatic rings. The van der Waals surface area contributed by atoms with Gasteiger partial charge in [-0.15, -0.1) is 0 Å². The van der Waals surface area contributed by atoms with Crippen LogP contribution in [0.25, 0.3) is 22.4 Å². The number of carbonyl (C=O) groups is 5. The highest BCUT2D eigenvalue weighted by atomic mass is 16.5. The molecule has 1 aliphatic carbocycles. The number of nitrogens with zero attached hydrogens (tertiary/aromatic N) is 4. The number of hydrogen-bond donors (Lipinski definition) is 5. The molecule has 16 heteroatoms. The van der Waals surface area contributed by atoms with Crippen LogP contribution >= 0.6 is 0 Å². The highest BCUT2D eigenvalue weighted by Crippen LogP contribution is 2.56. The van der Waals surface area contributed by atoms with Crippen molar-refractivity contribution in [3.8, 4) is 22.4 Å². The van der Waals surface area contributed by atoms with Crippen LogP contribution in [0.2, 0.25) is 0 Å². The number of likely N-dealkylation sites (tertiary alicyclic amines) is 2. The van der Waals surface area contributed by atoms with Gasteiger partial charge in [0.25, 0.3) is 5.91 Å². The minimum atomic E-state index is -1.24. The zero-order valence-electron chi connectivity index (χ0n) is 39.4. The predicted molar refractivity (Wildman–Crippen MR) is 253 cm³/mol. The Balaban J connectivity index is 1.26. The van der Waals surface area contributed by atoms with Crippen molar-refractivity contribution < 1.29 is 43.7 Å². The van der Waals surface area contributed by atoms with E-state index in [1.54, 1.807) is 47.4 Å². The first kappa shape index (κ1) is 48.5. The number of fused-ring (bicyclic) bond motifs is 3. The summed E-state index contributed by atoms with van der Waals surface area (Å²) in [7, 11) is 2.81. The average molecular weight is 920 g/mol. The van der Waals surface area contributed by atoms with Crippen LogP contribution in [0.3, 0.4) is 0 Å². The van der Waals surface area contributed by atoms with Crippen molar-refractivity contribution in [2.24, 2.45) is 11.8 Å². The summed E-state index contributed by atoms with van der Waals surface area (Å²) in [5.41, 5.74) is 6.56. The lowest BCUT2D eigenvalue weighted by Crippen LogP contribution is -2.53. The number of anilines is 1. The van der Waals surface area contributed by atoms with Crippen molar-refractivity contribution in [2.75, 3.05) is 38.8 Å². The Bertz CT molecular complexity index is 2410. The van der Waals surface area contributed by atoms with Gasteiger partial charge in [0, 0.05) is 37.2 Å². The summed E-state index contributed by atoms with van der Waals surface area (Å²) < 4.78 is 10.5. The summed E-state index contributed by atoms with van der Waals surface area (Å²) in [6.45, 7) is 9.03. The Morgan fingerprint density at radius 3 is 2.21 bits per heavy atom. The van der Waals surface area contributed by atoms with E-state index in [9.17, 15) is 34.2 Å².